The van der Waals surface area contributed by atoms with E-state index in [0.29, 0.717) is 12.8 Å². The van der Waals surface area contributed by atoms with E-state index in [0.717, 1.165) is 38.5 Å². The van der Waals surface area contributed by atoms with E-state index in [2.05, 4.69) is 26.0 Å². The van der Waals surface area contributed by atoms with Crippen molar-refractivity contribution in [3.05, 3.63) is 12.2 Å². The van der Waals surface area contributed by atoms with Crippen LogP contribution in [0.2, 0.25) is 0 Å². The zero-order valence-electron chi connectivity index (χ0n) is 32.6. The van der Waals surface area contributed by atoms with Crippen molar-refractivity contribution in [2.75, 3.05) is 41.0 Å². The summed E-state index contributed by atoms with van der Waals surface area (Å²) in [5.41, 5.74) is 0. The summed E-state index contributed by atoms with van der Waals surface area (Å²) in [7, 11) is 5.40. The molecule has 288 valence electrons. The monoisotopic (exact) mass is 696 g/mol. The molecule has 0 fully saturated rings. The molecule has 0 spiro atoms. The highest BCUT2D eigenvalue weighted by Crippen LogP contribution is 2.14. The summed E-state index contributed by atoms with van der Waals surface area (Å²) in [6, 6.07) is -0.721. The smallest absolute Gasteiger partial charge is 0.306 e. The second-order valence-corrected chi connectivity index (χ2v) is 14.9. The Morgan fingerprint density at radius 2 is 1.02 bits per heavy atom. The first kappa shape index (κ1) is 47.1. The van der Waals surface area contributed by atoms with Gasteiger partial charge in [-0.25, -0.2) is 0 Å². The van der Waals surface area contributed by atoms with Crippen LogP contribution in [0.3, 0.4) is 0 Å². The van der Waals surface area contributed by atoms with Crippen LogP contribution in [-0.4, -0.2) is 75.5 Å². The number of carboxylic acid groups (broad SMARTS) is 1. The number of nitrogens with zero attached hydrogens (tertiary/aromatic N) is 1. The Kier molecular flexibility index (Phi) is 31.9. The molecule has 0 aromatic carbocycles. The van der Waals surface area contributed by atoms with E-state index < -0.39 is 18.1 Å². The number of ether oxygens (including phenoxy) is 3. The van der Waals surface area contributed by atoms with Gasteiger partial charge >= 0.3 is 11.9 Å². The van der Waals surface area contributed by atoms with Crippen molar-refractivity contribution >= 4 is 17.9 Å². The number of esters is 2. The number of rotatable bonds is 36. The lowest BCUT2D eigenvalue weighted by molar-refractivity contribution is -0.889. The van der Waals surface area contributed by atoms with E-state index in [4.69, 9.17) is 14.2 Å². The van der Waals surface area contributed by atoms with E-state index in [9.17, 15) is 19.5 Å². The summed E-state index contributed by atoms with van der Waals surface area (Å²) < 4.78 is 17.1. The Bertz CT molecular complexity index is 823. The summed E-state index contributed by atoms with van der Waals surface area (Å²) in [6.07, 6.45) is 32.3. The average Bonchev–Trinajstić information content (AvgIpc) is 3.05. The van der Waals surface area contributed by atoms with E-state index >= 15 is 0 Å². The van der Waals surface area contributed by atoms with Crippen LogP contribution in [0.4, 0.5) is 0 Å². The molecule has 0 N–H and O–H groups in total. The van der Waals surface area contributed by atoms with Gasteiger partial charge in [0.2, 0.25) is 0 Å². The van der Waals surface area contributed by atoms with Gasteiger partial charge in [0.1, 0.15) is 12.6 Å². The van der Waals surface area contributed by atoms with Crippen LogP contribution in [-0.2, 0) is 28.6 Å². The predicted octanol–water partition coefficient (Wildman–Crippen LogP) is 9.02. The Hall–Kier alpha value is -1.93. The van der Waals surface area contributed by atoms with Gasteiger partial charge in [-0.2, -0.15) is 0 Å². The van der Waals surface area contributed by atoms with Crippen molar-refractivity contribution in [2.45, 2.75) is 193 Å². The zero-order chi connectivity index (χ0) is 36.4. The van der Waals surface area contributed by atoms with Gasteiger partial charge in [0.25, 0.3) is 0 Å². The molecule has 49 heavy (non-hydrogen) atoms. The fourth-order valence-electron chi connectivity index (χ4n) is 5.95. The molecule has 0 heterocycles. The predicted molar refractivity (Wildman–Crippen MR) is 199 cm³/mol. The molecule has 8 nitrogen and oxygen atoms in total. The molecular formula is C41H77NO7. The molecule has 0 aromatic rings. The van der Waals surface area contributed by atoms with E-state index in [1.165, 1.54) is 109 Å². The molecule has 0 aliphatic carbocycles. The standard InChI is InChI=1S/C41H77NO7/c1-6-8-10-12-14-16-18-19-20-21-22-24-26-28-30-32-40(44)49-37(35-47-34-33-38(41(45)46)42(3,4)5)36-48-39(43)31-29-27-25-23-17-15-13-11-9-7-2/h16,18,37-38H,6-15,17,19-36H2,1-5H3/b18-16+. The first-order chi connectivity index (χ1) is 23.6. The molecule has 0 radical (unpaired) electrons. The molecule has 0 rings (SSSR count). The number of hydrogen-bond donors (Lipinski definition) is 0. The van der Waals surface area contributed by atoms with E-state index in [1.54, 1.807) is 21.1 Å². The van der Waals surface area contributed by atoms with Gasteiger partial charge in [-0.05, 0) is 38.5 Å². The summed E-state index contributed by atoms with van der Waals surface area (Å²) in [6.45, 7) is 4.63. The third-order valence-corrected chi connectivity index (χ3v) is 9.15. The van der Waals surface area contributed by atoms with Crippen molar-refractivity contribution in [2.24, 2.45) is 0 Å². The maximum atomic E-state index is 12.7. The van der Waals surface area contributed by atoms with Gasteiger partial charge in [0.05, 0.1) is 40.3 Å². The Morgan fingerprint density at radius 1 is 0.592 bits per heavy atom. The fraction of sp³-hybridized carbons (Fsp3) is 0.878. The van der Waals surface area contributed by atoms with Crippen LogP contribution < -0.4 is 5.11 Å². The van der Waals surface area contributed by atoms with E-state index in [-0.39, 0.29) is 42.7 Å². The Morgan fingerprint density at radius 3 is 1.49 bits per heavy atom. The van der Waals surface area contributed by atoms with Crippen molar-refractivity contribution in [3.63, 3.8) is 0 Å². The molecule has 2 unspecified atom stereocenters. The minimum Gasteiger partial charge on any atom is -0.544 e. The molecular weight excluding hydrogens is 618 g/mol. The van der Waals surface area contributed by atoms with Crippen LogP contribution >= 0.6 is 0 Å². The number of carboxylic acids is 1. The normalized spacial score (nSPS) is 13.1. The second kappa shape index (κ2) is 33.2. The number of allylic oxidation sites excluding steroid dienone is 2. The van der Waals surface area contributed by atoms with Crippen molar-refractivity contribution < 1.29 is 38.2 Å². The first-order valence-electron chi connectivity index (χ1n) is 20.2. The van der Waals surface area contributed by atoms with Crippen molar-refractivity contribution in [1.29, 1.82) is 0 Å². The molecule has 0 bridgehead atoms. The molecule has 0 aromatic heterocycles. The first-order valence-corrected chi connectivity index (χ1v) is 20.2. The number of carbonyl (C=O) groups is 3. The number of quaternary nitrogens is 1. The summed E-state index contributed by atoms with van der Waals surface area (Å²) >= 11 is 0. The van der Waals surface area contributed by atoms with Gasteiger partial charge in [0.15, 0.2) is 6.10 Å². The molecule has 8 heteroatoms. The molecule has 0 amide bonds. The number of carbonyl (C=O) groups excluding carboxylic acids is 3. The maximum absolute atomic E-state index is 12.7. The third-order valence-electron chi connectivity index (χ3n) is 9.15. The largest absolute Gasteiger partial charge is 0.544 e. The van der Waals surface area contributed by atoms with Crippen LogP contribution in [0.15, 0.2) is 12.2 Å². The van der Waals surface area contributed by atoms with Gasteiger partial charge in [-0.1, -0.05) is 135 Å². The molecule has 2 atom stereocenters. The third kappa shape index (κ3) is 31.8. The fourth-order valence-corrected chi connectivity index (χ4v) is 5.95. The minimum absolute atomic E-state index is 0.0439. The van der Waals surface area contributed by atoms with Gasteiger partial charge < -0.3 is 28.6 Å². The lowest BCUT2D eigenvalue weighted by atomic mass is 10.1. The van der Waals surface area contributed by atoms with Crippen LogP contribution in [0, 0.1) is 0 Å². The Labute approximate surface area is 301 Å². The highest BCUT2D eigenvalue weighted by molar-refractivity contribution is 5.70. The van der Waals surface area contributed by atoms with Gasteiger partial charge in [-0.15, -0.1) is 0 Å². The average molecular weight is 696 g/mol. The summed E-state index contributed by atoms with van der Waals surface area (Å²) in [5.74, 6) is -1.73. The zero-order valence-corrected chi connectivity index (χ0v) is 32.6. The van der Waals surface area contributed by atoms with Crippen LogP contribution in [0.5, 0.6) is 0 Å². The van der Waals surface area contributed by atoms with Crippen molar-refractivity contribution in [3.8, 4) is 0 Å². The number of unbranched alkanes of at least 4 members (excludes halogenated alkanes) is 20. The van der Waals surface area contributed by atoms with Gasteiger partial charge in [0, 0.05) is 19.3 Å². The number of likely N-dealkylation sites (N-methyl/N-ethyl adjacent to an activating group) is 1. The number of hydrogen-bond acceptors (Lipinski definition) is 7. The summed E-state index contributed by atoms with van der Waals surface area (Å²) in [5, 5.41) is 11.6. The molecule has 0 aliphatic heterocycles. The number of aliphatic carboxylic acids is 1. The quantitative estimate of drug-likeness (QED) is 0.0279. The minimum atomic E-state index is -1.12. The highest BCUT2D eigenvalue weighted by atomic mass is 16.6. The lowest BCUT2D eigenvalue weighted by Crippen LogP contribution is -2.55. The topological polar surface area (TPSA) is 102 Å². The summed E-state index contributed by atoms with van der Waals surface area (Å²) in [4.78, 5) is 36.6. The lowest BCUT2D eigenvalue weighted by Gasteiger charge is -2.34. The van der Waals surface area contributed by atoms with Gasteiger partial charge in [-0.3, -0.25) is 9.59 Å². The molecule has 0 saturated heterocycles. The molecule has 0 saturated carbocycles. The molecule has 0 aliphatic rings. The van der Waals surface area contributed by atoms with Crippen LogP contribution in [0.25, 0.3) is 0 Å². The van der Waals surface area contributed by atoms with E-state index in [1.807, 2.05) is 0 Å². The maximum Gasteiger partial charge on any atom is 0.306 e. The Balaban J connectivity index is 4.37. The van der Waals surface area contributed by atoms with Crippen molar-refractivity contribution in [1.82, 2.24) is 0 Å². The highest BCUT2D eigenvalue weighted by Gasteiger charge is 2.25. The second-order valence-electron chi connectivity index (χ2n) is 14.9. The van der Waals surface area contributed by atoms with Crippen LogP contribution in [0.1, 0.15) is 181 Å². The SMILES string of the molecule is CCCCCC/C=C/CCCCCCCCCC(=O)OC(COCCC(C(=O)[O-])[N+](C)(C)C)COC(=O)CCCCCCCCCCCC.